The largest absolute Gasteiger partial charge is 0.318 e. The van der Waals surface area contributed by atoms with Crippen LogP contribution < -0.4 is 5.32 Å². The molecule has 17 heavy (non-hydrogen) atoms. The van der Waals surface area contributed by atoms with Crippen molar-refractivity contribution in [2.45, 2.75) is 44.3 Å². The Morgan fingerprint density at radius 2 is 1.88 bits per heavy atom. The molecule has 1 aliphatic rings. The number of hydrogen-bond acceptors (Lipinski definition) is 3. The van der Waals surface area contributed by atoms with Crippen LogP contribution in [0.4, 0.5) is 0 Å². The summed E-state index contributed by atoms with van der Waals surface area (Å²) in [5, 5.41) is 2.58. The van der Waals surface area contributed by atoms with E-state index in [1.54, 1.807) is 25.3 Å². The first kappa shape index (κ1) is 14.9. The van der Waals surface area contributed by atoms with Crippen molar-refractivity contribution < 1.29 is 8.42 Å². The lowest BCUT2D eigenvalue weighted by molar-refractivity contribution is 0.298. The molecule has 0 aliphatic heterocycles. The normalized spacial score (nSPS) is 20.7. The van der Waals surface area contributed by atoms with E-state index in [4.69, 9.17) is 0 Å². The monoisotopic (exact) mass is 262 g/mol. The predicted molar refractivity (Wildman–Crippen MR) is 71.5 cm³/mol. The highest BCUT2D eigenvalue weighted by Gasteiger charge is 2.27. The molecule has 5 heteroatoms. The van der Waals surface area contributed by atoms with Gasteiger partial charge in [0.25, 0.3) is 0 Å². The molecule has 1 aliphatic carbocycles. The summed E-state index contributed by atoms with van der Waals surface area (Å²) >= 11 is 0. The average Bonchev–Trinajstić information content (AvgIpc) is 2.30. The van der Waals surface area contributed by atoms with Crippen LogP contribution in [0.1, 0.15) is 39.0 Å². The van der Waals surface area contributed by atoms with Gasteiger partial charge in [0.1, 0.15) is 0 Å². The van der Waals surface area contributed by atoms with E-state index in [0.29, 0.717) is 19.0 Å². The van der Waals surface area contributed by atoms with E-state index in [1.807, 2.05) is 0 Å². The second-order valence-corrected chi connectivity index (χ2v) is 7.66. The Bertz CT molecular complexity index is 310. The third-order valence-corrected chi connectivity index (χ3v) is 5.88. The van der Waals surface area contributed by atoms with Gasteiger partial charge in [0.05, 0.1) is 5.25 Å². The lowest BCUT2D eigenvalue weighted by Crippen LogP contribution is -2.41. The molecule has 0 spiro atoms. The molecule has 0 bridgehead atoms. The van der Waals surface area contributed by atoms with E-state index in [-0.39, 0.29) is 5.25 Å². The van der Waals surface area contributed by atoms with Gasteiger partial charge in [-0.3, -0.25) is 0 Å². The van der Waals surface area contributed by atoms with Crippen LogP contribution in [0.25, 0.3) is 0 Å². The summed E-state index contributed by atoms with van der Waals surface area (Å²) in [6, 6.07) is 0. The van der Waals surface area contributed by atoms with Crippen molar-refractivity contribution >= 4 is 10.0 Å². The fraction of sp³-hybridized carbons (Fsp3) is 1.00. The molecule has 0 aromatic heterocycles. The molecule has 0 heterocycles. The van der Waals surface area contributed by atoms with Crippen LogP contribution in [-0.4, -0.2) is 45.2 Å². The molecule has 0 aromatic rings. The zero-order valence-electron chi connectivity index (χ0n) is 11.3. The van der Waals surface area contributed by atoms with E-state index in [1.165, 1.54) is 32.1 Å². The van der Waals surface area contributed by atoms with Crippen molar-refractivity contribution in [1.82, 2.24) is 9.62 Å². The van der Waals surface area contributed by atoms with E-state index < -0.39 is 10.0 Å². The molecule has 102 valence electrons. The van der Waals surface area contributed by atoms with Crippen LogP contribution in [0, 0.1) is 5.92 Å². The minimum atomic E-state index is -3.13. The van der Waals surface area contributed by atoms with Crippen molar-refractivity contribution in [3.8, 4) is 0 Å². The SMILES string of the molecule is CNCC(C)S(=O)(=O)N(C)CC1CCCCC1. The summed E-state index contributed by atoms with van der Waals surface area (Å²) < 4.78 is 25.9. The quantitative estimate of drug-likeness (QED) is 0.788. The van der Waals surface area contributed by atoms with Gasteiger partial charge < -0.3 is 5.32 Å². The van der Waals surface area contributed by atoms with Gasteiger partial charge in [-0.15, -0.1) is 0 Å². The smallest absolute Gasteiger partial charge is 0.217 e. The summed E-state index contributed by atoms with van der Waals surface area (Å²) in [5.74, 6) is 0.560. The Kier molecular flexibility index (Phi) is 5.89. The van der Waals surface area contributed by atoms with Gasteiger partial charge >= 0.3 is 0 Å². The maximum absolute atomic E-state index is 12.2. The lowest BCUT2D eigenvalue weighted by Gasteiger charge is -2.28. The number of nitrogens with one attached hydrogen (secondary N) is 1. The Morgan fingerprint density at radius 3 is 2.41 bits per heavy atom. The van der Waals surface area contributed by atoms with Gasteiger partial charge in [0.15, 0.2) is 0 Å². The van der Waals surface area contributed by atoms with Crippen molar-refractivity contribution in [3.05, 3.63) is 0 Å². The molecular formula is C12H26N2O2S. The van der Waals surface area contributed by atoms with Gasteiger partial charge in [-0.1, -0.05) is 19.3 Å². The maximum Gasteiger partial charge on any atom is 0.217 e. The van der Waals surface area contributed by atoms with E-state index >= 15 is 0 Å². The molecule has 1 rings (SSSR count). The van der Waals surface area contributed by atoms with Crippen LogP contribution in [-0.2, 0) is 10.0 Å². The summed E-state index contributed by atoms with van der Waals surface area (Å²) in [6.45, 7) is 2.97. The minimum absolute atomic E-state index is 0.346. The lowest BCUT2D eigenvalue weighted by atomic mass is 9.89. The maximum atomic E-state index is 12.2. The zero-order chi connectivity index (χ0) is 12.9. The second kappa shape index (κ2) is 6.71. The number of nitrogens with zero attached hydrogens (tertiary/aromatic N) is 1. The molecule has 0 amide bonds. The molecule has 1 N–H and O–H groups in total. The van der Waals surface area contributed by atoms with Crippen molar-refractivity contribution in [1.29, 1.82) is 0 Å². The number of sulfonamides is 1. The molecular weight excluding hydrogens is 236 g/mol. The third-order valence-electron chi connectivity index (χ3n) is 3.67. The topological polar surface area (TPSA) is 49.4 Å². The minimum Gasteiger partial charge on any atom is -0.318 e. The zero-order valence-corrected chi connectivity index (χ0v) is 12.1. The first-order chi connectivity index (χ1) is 7.98. The first-order valence-electron chi connectivity index (χ1n) is 6.58. The highest BCUT2D eigenvalue weighted by atomic mass is 32.2. The van der Waals surface area contributed by atoms with Crippen LogP contribution in [0.15, 0.2) is 0 Å². The molecule has 0 aromatic carbocycles. The Balaban J connectivity index is 2.52. The highest BCUT2D eigenvalue weighted by molar-refractivity contribution is 7.89. The van der Waals surface area contributed by atoms with E-state index in [0.717, 1.165) is 0 Å². The predicted octanol–water partition coefficient (Wildman–Crippen LogP) is 1.44. The third kappa shape index (κ3) is 4.23. The second-order valence-electron chi connectivity index (χ2n) is 5.20. The van der Waals surface area contributed by atoms with E-state index in [9.17, 15) is 8.42 Å². The van der Waals surface area contributed by atoms with Gasteiger partial charge in [-0.25, -0.2) is 12.7 Å². The standard InChI is InChI=1S/C12H26N2O2S/c1-11(9-13-2)17(15,16)14(3)10-12-7-5-4-6-8-12/h11-13H,4-10H2,1-3H3. The number of hydrogen-bond donors (Lipinski definition) is 1. The van der Waals surface area contributed by atoms with Crippen LogP contribution >= 0.6 is 0 Å². The van der Waals surface area contributed by atoms with Crippen molar-refractivity contribution in [2.24, 2.45) is 5.92 Å². The fourth-order valence-corrected chi connectivity index (χ4v) is 3.95. The molecule has 1 unspecified atom stereocenters. The van der Waals surface area contributed by atoms with Gasteiger partial charge in [-0.05, 0) is 32.7 Å². The summed E-state index contributed by atoms with van der Waals surface area (Å²) in [4.78, 5) is 0. The first-order valence-corrected chi connectivity index (χ1v) is 8.08. The number of rotatable bonds is 6. The summed E-state index contributed by atoms with van der Waals surface area (Å²) in [6.07, 6.45) is 6.18. The van der Waals surface area contributed by atoms with Crippen molar-refractivity contribution in [3.63, 3.8) is 0 Å². The van der Waals surface area contributed by atoms with Crippen LogP contribution in [0.2, 0.25) is 0 Å². The van der Waals surface area contributed by atoms with E-state index in [2.05, 4.69) is 5.32 Å². The Hall–Kier alpha value is -0.130. The average molecular weight is 262 g/mol. The van der Waals surface area contributed by atoms with Gasteiger partial charge in [-0.2, -0.15) is 0 Å². The van der Waals surface area contributed by atoms with Crippen molar-refractivity contribution in [2.75, 3.05) is 27.2 Å². The molecule has 1 atom stereocenters. The molecule has 1 fully saturated rings. The fourth-order valence-electron chi connectivity index (χ4n) is 2.54. The Morgan fingerprint density at radius 1 is 1.29 bits per heavy atom. The molecule has 1 saturated carbocycles. The molecule has 0 radical (unpaired) electrons. The van der Waals surface area contributed by atoms with Crippen LogP contribution in [0.5, 0.6) is 0 Å². The van der Waals surface area contributed by atoms with Crippen LogP contribution in [0.3, 0.4) is 0 Å². The summed E-state index contributed by atoms with van der Waals surface area (Å²) in [5.41, 5.74) is 0. The molecule has 0 saturated heterocycles. The highest BCUT2D eigenvalue weighted by Crippen LogP contribution is 2.25. The summed E-state index contributed by atoms with van der Waals surface area (Å²) in [7, 11) is 0.374. The van der Waals surface area contributed by atoms with Gasteiger partial charge in [0, 0.05) is 20.1 Å². The van der Waals surface area contributed by atoms with Gasteiger partial charge in [0.2, 0.25) is 10.0 Å². The Labute approximate surface area is 106 Å². The molecule has 4 nitrogen and oxygen atoms in total.